The van der Waals surface area contributed by atoms with Crippen LogP contribution in [0.1, 0.15) is 61.8 Å². The van der Waals surface area contributed by atoms with Gasteiger partial charge in [-0.05, 0) is 61.8 Å². The average molecular weight is 302 g/mol. The monoisotopic (exact) mass is 302 g/mol. The lowest BCUT2D eigenvalue weighted by Gasteiger charge is -2.37. The topological polar surface area (TPSA) is 61.8 Å². The quantitative estimate of drug-likeness (QED) is 0.792. The first kappa shape index (κ1) is 20.2. The zero-order chi connectivity index (χ0) is 16.8. The van der Waals surface area contributed by atoms with Crippen molar-refractivity contribution in [3.63, 3.8) is 0 Å². The standard InChI is InChI=1S/C16H34N2O3/c1-12(11-13(2)19)17-9-10-18(15(3,4)5)14(20)21-16(6,7)8/h12-13,17,19H,9-11H2,1-8H3. The van der Waals surface area contributed by atoms with E-state index in [9.17, 15) is 9.90 Å². The van der Waals surface area contributed by atoms with Crippen LogP contribution in [0.2, 0.25) is 0 Å². The zero-order valence-electron chi connectivity index (χ0n) is 15.0. The predicted molar refractivity (Wildman–Crippen MR) is 86.5 cm³/mol. The Morgan fingerprint density at radius 3 is 2.10 bits per heavy atom. The second kappa shape index (κ2) is 7.99. The third kappa shape index (κ3) is 9.69. The van der Waals surface area contributed by atoms with Crippen LogP contribution in [-0.2, 0) is 4.74 Å². The normalized spacial score (nSPS) is 15.5. The van der Waals surface area contributed by atoms with Crippen molar-refractivity contribution in [2.75, 3.05) is 13.1 Å². The summed E-state index contributed by atoms with van der Waals surface area (Å²) in [5.74, 6) is 0. The molecule has 1 amide bonds. The summed E-state index contributed by atoms with van der Waals surface area (Å²) in [7, 11) is 0. The summed E-state index contributed by atoms with van der Waals surface area (Å²) in [5, 5.41) is 12.7. The van der Waals surface area contributed by atoms with E-state index in [1.165, 1.54) is 0 Å². The third-order valence-corrected chi connectivity index (χ3v) is 2.95. The summed E-state index contributed by atoms with van der Waals surface area (Å²) >= 11 is 0. The fourth-order valence-corrected chi connectivity index (χ4v) is 2.04. The van der Waals surface area contributed by atoms with Crippen LogP contribution in [-0.4, -0.2) is 52.5 Å². The number of aliphatic hydroxyl groups excluding tert-OH is 1. The number of carbonyl (C=O) groups is 1. The summed E-state index contributed by atoms with van der Waals surface area (Å²) in [6.45, 7) is 16.6. The van der Waals surface area contributed by atoms with E-state index < -0.39 is 5.60 Å². The molecule has 126 valence electrons. The maximum Gasteiger partial charge on any atom is 0.410 e. The van der Waals surface area contributed by atoms with Crippen molar-refractivity contribution in [2.45, 2.75) is 85.1 Å². The third-order valence-electron chi connectivity index (χ3n) is 2.95. The van der Waals surface area contributed by atoms with Crippen LogP contribution in [0.25, 0.3) is 0 Å². The summed E-state index contributed by atoms with van der Waals surface area (Å²) in [6, 6.07) is 0.213. The van der Waals surface area contributed by atoms with Gasteiger partial charge in [-0.3, -0.25) is 0 Å². The minimum Gasteiger partial charge on any atom is -0.444 e. The van der Waals surface area contributed by atoms with Crippen molar-refractivity contribution < 1.29 is 14.6 Å². The van der Waals surface area contributed by atoms with Crippen LogP contribution in [0.15, 0.2) is 0 Å². The molecule has 2 atom stereocenters. The largest absolute Gasteiger partial charge is 0.444 e. The molecule has 0 aromatic heterocycles. The van der Waals surface area contributed by atoms with Gasteiger partial charge in [0.25, 0.3) is 0 Å². The van der Waals surface area contributed by atoms with Gasteiger partial charge >= 0.3 is 6.09 Å². The Labute approximate surface area is 130 Å². The zero-order valence-corrected chi connectivity index (χ0v) is 15.0. The number of amides is 1. The number of hydrogen-bond donors (Lipinski definition) is 2. The van der Waals surface area contributed by atoms with Crippen LogP contribution in [0.3, 0.4) is 0 Å². The fourth-order valence-electron chi connectivity index (χ4n) is 2.04. The molecule has 0 heterocycles. The van der Waals surface area contributed by atoms with Gasteiger partial charge in [-0.25, -0.2) is 4.79 Å². The SMILES string of the molecule is CC(O)CC(C)NCCN(C(=O)OC(C)(C)C)C(C)(C)C. The van der Waals surface area contributed by atoms with Gasteiger partial charge in [0.15, 0.2) is 0 Å². The lowest BCUT2D eigenvalue weighted by atomic mass is 10.1. The molecule has 0 spiro atoms. The van der Waals surface area contributed by atoms with Gasteiger partial charge in [0.2, 0.25) is 0 Å². The van der Waals surface area contributed by atoms with E-state index in [2.05, 4.69) is 5.32 Å². The lowest BCUT2D eigenvalue weighted by Crippen LogP contribution is -2.50. The molecule has 2 N–H and O–H groups in total. The van der Waals surface area contributed by atoms with E-state index >= 15 is 0 Å². The lowest BCUT2D eigenvalue weighted by molar-refractivity contribution is 0.00636. The first-order chi connectivity index (χ1) is 9.33. The Bertz CT molecular complexity index is 316. The van der Waals surface area contributed by atoms with Gasteiger partial charge < -0.3 is 20.1 Å². The number of hydrogen-bond acceptors (Lipinski definition) is 4. The van der Waals surface area contributed by atoms with Crippen LogP contribution >= 0.6 is 0 Å². The van der Waals surface area contributed by atoms with E-state index in [1.54, 1.807) is 11.8 Å². The maximum absolute atomic E-state index is 12.3. The van der Waals surface area contributed by atoms with Crippen molar-refractivity contribution in [1.82, 2.24) is 10.2 Å². The van der Waals surface area contributed by atoms with Gasteiger partial charge in [0.1, 0.15) is 5.60 Å². The molecular weight excluding hydrogens is 268 g/mol. The molecule has 0 aliphatic carbocycles. The van der Waals surface area contributed by atoms with Gasteiger partial charge in [-0.15, -0.1) is 0 Å². The fraction of sp³-hybridized carbons (Fsp3) is 0.938. The van der Waals surface area contributed by atoms with E-state index in [0.717, 1.165) is 0 Å². The predicted octanol–water partition coefficient (Wildman–Crippen LogP) is 2.77. The number of carbonyl (C=O) groups excluding carboxylic acids is 1. The van der Waals surface area contributed by atoms with Crippen LogP contribution in [0.4, 0.5) is 4.79 Å². The molecule has 5 nitrogen and oxygen atoms in total. The van der Waals surface area contributed by atoms with Crippen LogP contribution in [0.5, 0.6) is 0 Å². The summed E-state index contributed by atoms with van der Waals surface area (Å²) < 4.78 is 5.47. The smallest absolute Gasteiger partial charge is 0.410 e. The van der Waals surface area contributed by atoms with Crippen molar-refractivity contribution >= 4 is 6.09 Å². The minimum absolute atomic E-state index is 0.213. The van der Waals surface area contributed by atoms with Gasteiger partial charge in [-0.1, -0.05) is 0 Å². The van der Waals surface area contributed by atoms with Gasteiger partial charge in [0.05, 0.1) is 6.10 Å². The second-order valence-corrected chi connectivity index (χ2v) is 7.74. The van der Waals surface area contributed by atoms with Crippen LogP contribution in [0, 0.1) is 0 Å². The first-order valence-electron chi connectivity index (χ1n) is 7.75. The van der Waals surface area contributed by atoms with Gasteiger partial charge in [0, 0.05) is 24.7 Å². The summed E-state index contributed by atoms with van der Waals surface area (Å²) in [6.07, 6.45) is 0.0825. The second-order valence-electron chi connectivity index (χ2n) is 7.74. The van der Waals surface area contributed by atoms with Gasteiger partial charge in [-0.2, -0.15) is 0 Å². The molecule has 0 aromatic carbocycles. The van der Waals surface area contributed by atoms with E-state index in [1.807, 2.05) is 48.5 Å². The molecule has 0 aromatic rings. The highest BCUT2D eigenvalue weighted by atomic mass is 16.6. The number of ether oxygens (including phenoxy) is 1. The molecule has 5 heteroatoms. The molecule has 0 aliphatic heterocycles. The number of nitrogens with one attached hydrogen (secondary N) is 1. The number of rotatable bonds is 6. The summed E-state index contributed by atoms with van der Waals surface area (Å²) in [4.78, 5) is 14.0. The molecule has 2 unspecified atom stereocenters. The number of aliphatic hydroxyl groups is 1. The highest BCUT2D eigenvalue weighted by Gasteiger charge is 2.30. The molecule has 0 radical (unpaired) electrons. The van der Waals surface area contributed by atoms with Crippen molar-refractivity contribution in [3.8, 4) is 0 Å². The Hall–Kier alpha value is -0.810. The van der Waals surface area contributed by atoms with E-state index in [-0.39, 0.29) is 23.8 Å². The molecule has 0 saturated heterocycles. The van der Waals surface area contributed by atoms with Crippen molar-refractivity contribution in [2.24, 2.45) is 0 Å². The van der Waals surface area contributed by atoms with Crippen molar-refractivity contribution in [3.05, 3.63) is 0 Å². The Morgan fingerprint density at radius 1 is 1.19 bits per heavy atom. The Kier molecular flexibility index (Phi) is 7.68. The van der Waals surface area contributed by atoms with Crippen molar-refractivity contribution in [1.29, 1.82) is 0 Å². The number of nitrogens with zero attached hydrogens (tertiary/aromatic N) is 1. The Morgan fingerprint density at radius 2 is 1.71 bits per heavy atom. The molecule has 0 bridgehead atoms. The molecule has 0 fully saturated rings. The molecular formula is C16H34N2O3. The average Bonchev–Trinajstić information content (AvgIpc) is 2.18. The van der Waals surface area contributed by atoms with E-state index in [0.29, 0.717) is 19.5 Å². The minimum atomic E-state index is -0.492. The maximum atomic E-state index is 12.3. The van der Waals surface area contributed by atoms with Crippen LogP contribution < -0.4 is 5.32 Å². The molecule has 0 rings (SSSR count). The highest BCUT2D eigenvalue weighted by Crippen LogP contribution is 2.18. The molecule has 21 heavy (non-hydrogen) atoms. The first-order valence-corrected chi connectivity index (χ1v) is 7.75. The highest BCUT2D eigenvalue weighted by molar-refractivity contribution is 5.69. The molecule has 0 aliphatic rings. The van der Waals surface area contributed by atoms with E-state index in [4.69, 9.17) is 4.74 Å². The Balaban J connectivity index is 4.50. The molecule has 0 saturated carbocycles. The summed E-state index contributed by atoms with van der Waals surface area (Å²) in [5.41, 5.74) is -0.787.